The normalized spacial score (nSPS) is 15.8. The van der Waals surface area contributed by atoms with Crippen LogP contribution in [0.4, 0.5) is 0 Å². The van der Waals surface area contributed by atoms with Gasteiger partial charge in [0.2, 0.25) is 0 Å². The van der Waals surface area contributed by atoms with Crippen LogP contribution >= 0.6 is 0 Å². The van der Waals surface area contributed by atoms with Gasteiger partial charge in [-0.1, -0.05) is 48.6 Å². The SMILES string of the molecule is COc1cc(/C=C/Cc2nnc3n2[C@@H](c2ccccc2)CCC3)ccc1-n1cnc(C)c1. The number of hydrogen-bond donors (Lipinski definition) is 0. The predicted octanol–water partition coefficient (Wildman–Crippen LogP) is 4.96. The minimum Gasteiger partial charge on any atom is -0.495 e. The average Bonchev–Trinajstić information content (AvgIpc) is 3.46. The van der Waals surface area contributed by atoms with Crippen molar-refractivity contribution in [2.75, 3.05) is 7.11 Å². The van der Waals surface area contributed by atoms with E-state index in [9.17, 15) is 0 Å². The van der Waals surface area contributed by atoms with Crippen LogP contribution < -0.4 is 4.74 Å². The first-order valence-electron chi connectivity index (χ1n) is 11.1. The van der Waals surface area contributed by atoms with E-state index in [1.165, 1.54) is 5.56 Å². The van der Waals surface area contributed by atoms with Crippen molar-refractivity contribution in [1.29, 1.82) is 0 Å². The third-order valence-electron chi connectivity index (χ3n) is 6.02. The van der Waals surface area contributed by atoms with Crippen molar-refractivity contribution in [3.8, 4) is 11.4 Å². The molecule has 0 unspecified atom stereocenters. The van der Waals surface area contributed by atoms with Crippen LogP contribution in [0.3, 0.4) is 0 Å². The molecule has 162 valence electrons. The summed E-state index contributed by atoms with van der Waals surface area (Å²) in [5, 5.41) is 9.00. The van der Waals surface area contributed by atoms with E-state index in [0.29, 0.717) is 6.04 Å². The van der Waals surface area contributed by atoms with Crippen molar-refractivity contribution >= 4 is 6.08 Å². The number of methoxy groups -OCH3 is 1. The maximum absolute atomic E-state index is 5.63. The molecule has 3 heterocycles. The van der Waals surface area contributed by atoms with E-state index < -0.39 is 0 Å². The number of imidazole rings is 1. The van der Waals surface area contributed by atoms with Crippen molar-refractivity contribution in [3.05, 3.63) is 95.6 Å². The fourth-order valence-electron chi connectivity index (χ4n) is 4.47. The zero-order valence-electron chi connectivity index (χ0n) is 18.5. The second kappa shape index (κ2) is 8.83. The average molecular weight is 426 g/mol. The number of aromatic nitrogens is 5. The lowest BCUT2D eigenvalue weighted by atomic mass is 9.97. The highest BCUT2D eigenvalue weighted by molar-refractivity contribution is 5.58. The summed E-state index contributed by atoms with van der Waals surface area (Å²) in [5.41, 5.74) is 4.36. The van der Waals surface area contributed by atoms with E-state index >= 15 is 0 Å². The number of aryl methyl sites for hydroxylation is 2. The molecule has 6 heteroatoms. The minimum absolute atomic E-state index is 0.316. The lowest BCUT2D eigenvalue weighted by Crippen LogP contribution is -2.21. The summed E-state index contributed by atoms with van der Waals surface area (Å²) < 4.78 is 9.95. The molecule has 0 spiro atoms. The van der Waals surface area contributed by atoms with Gasteiger partial charge >= 0.3 is 0 Å². The molecule has 0 N–H and O–H groups in total. The monoisotopic (exact) mass is 425 g/mol. The van der Waals surface area contributed by atoms with Crippen molar-refractivity contribution < 1.29 is 4.74 Å². The van der Waals surface area contributed by atoms with Gasteiger partial charge < -0.3 is 13.9 Å². The first-order chi connectivity index (χ1) is 15.7. The van der Waals surface area contributed by atoms with Crippen LogP contribution in [0, 0.1) is 6.92 Å². The Bertz CT molecular complexity index is 1240. The van der Waals surface area contributed by atoms with E-state index in [2.05, 4.69) is 74.4 Å². The predicted molar refractivity (Wildman–Crippen MR) is 125 cm³/mol. The summed E-state index contributed by atoms with van der Waals surface area (Å²) in [6, 6.07) is 17.2. The number of hydrogen-bond acceptors (Lipinski definition) is 4. The minimum atomic E-state index is 0.316. The van der Waals surface area contributed by atoms with Crippen molar-refractivity contribution in [2.45, 2.75) is 38.6 Å². The van der Waals surface area contributed by atoms with Crippen molar-refractivity contribution in [1.82, 2.24) is 24.3 Å². The topological polar surface area (TPSA) is 57.8 Å². The Morgan fingerprint density at radius 1 is 1.12 bits per heavy atom. The zero-order chi connectivity index (χ0) is 21.9. The first kappa shape index (κ1) is 20.2. The molecule has 5 rings (SSSR count). The van der Waals surface area contributed by atoms with Gasteiger partial charge in [0.05, 0.1) is 30.9 Å². The van der Waals surface area contributed by atoms with Crippen LogP contribution in [-0.2, 0) is 12.8 Å². The summed E-state index contributed by atoms with van der Waals surface area (Å²) >= 11 is 0. The molecular formula is C26H27N5O. The third-order valence-corrected chi connectivity index (χ3v) is 6.02. The van der Waals surface area contributed by atoms with Gasteiger partial charge in [-0.05, 0) is 43.0 Å². The Hall–Kier alpha value is -3.67. The number of benzene rings is 2. The molecule has 6 nitrogen and oxygen atoms in total. The second-order valence-corrected chi connectivity index (χ2v) is 8.18. The van der Waals surface area contributed by atoms with Gasteiger partial charge in [-0.15, -0.1) is 10.2 Å². The number of rotatable bonds is 6. The molecular weight excluding hydrogens is 398 g/mol. The van der Waals surface area contributed by atoms with Crippen LogP contribution in [0.2, 0.25) is 0 Å². The highest BCUT2D eigenvalue weighted by Crippen LogP contribution is 2.31. The number of allylic oxidation sites excluding steroid dienone is 1. The summed E-state index contributed by atoms with van der Waals surface area (Å²) in [6.07, 6.45) is 12.1. The van der Waals surface area contributed by atoms with Crippen LogP contribution in [0.15, 0.2) is 67.1 Å². The molecule has 2 aromatic heterocycles. The van der Waals surface area contributed by atoms with Gasteiger partial charge in [-0.25, -0.2) is 4.98 Å². The lowest BCUT2D eigenvalue weighted by Gasteiger charge is -2.26. The molecule has 4 aromatic rings. The lowest BCUT2D eigenvalue weighted by molar-refractivity contribution is 0.413. The molecule has 0 amide bonds. The summed E-state index contributed by atoms with van der Waals surface area (Å²) in [5.74, 6) is 2.92. The zero-order valence-corrected chi connectivity index (χ0v) is 18.5. The Morgan fingerprint density at radius 2 is 2.00 bits per heavy atom. The van der Waals surface area contributed by atoms with Gasteiger partial charge in [-0.2, -0.15) is 0 Å². The molecule has 1 atom stereocenters. The molecule has 0 saturated heterocycles. The smallest absolute Gasteiger partial charge is 0.143 e. The van der Waals surface area contributed by atoms with E-state index in [1.807, 2.05) is 23.8 Å². The van der Waals surface area contributed by atoms with Crippen LogP contribution in [0.5, 0.6) is 5.75 Å². The highest BCUT2D eigenvalue weighted by atomic mass is 16.5. The van der Waals surface area contributed by atoms with Gasteiger partial charge in [-0.3, -0.25) is 0 Å². The Kier molecular flexibility index (Phi) is 5.58. The van der Waals surface area contributed by atoms with E-state index in [1.54, 1.807) is 13.4 Å². The fourth-order valence-corrected chi connectivity index (χ4v) is 4.47. The molecule has 0 radical (unpaired) electrons. The molecule has 0 aliphatic carbocycles. The van der Waals surface area contributed by atoms with Crippen LogP contribution in [-0.4, -0.2) is 31.4 Å². The second-order valence-electron chi connectivity index (χ2n) is 8.18. The Morgan fingerprint density at radius 3 is 2.78 bits per heavy atom. The van der Waals surface area contributed by atoms with Gasteiger partial charge in [0.15, 0.2) is 0 Å². The van der Waals surface area contributed by atoms with Gasteiger partial charge in [0.25, 0.3) is 0 Å². The summed E-state index contributed by atoms with van der Waals surface area (Å²) in [7, 11) is 1.70. The molecule has 0 fully saturated rings. The standard InChI is InChI=1S/C26H27N5O/c1-19-17-30(18-27-19)23-15-14-20(16-24(23)32-2)8-6-12-25-28-29-26-13-7-11-22(31(25)26)21-9-4-3-5-10-21/h3-6,8-10,14-18,22H,7,11-13H2,1-2H3/b8-6+/t22-/m1/s1. The van der Waals surface area contributed by atoms with E-state index in [4.69, 9.17) is 4.74 Å². The largest absolute Gasteiger partial charge is 0.495 e. The first-order valence-corrected chi connectivity index (χ1v) is 11.1. The van der Waals surface area contributed by atoms with Crippen molar-refractivity contribution in [3.63, 3.8) is 0 Å². The molecule has 1 aliphatic rings. The van der Waals surface area contributed by atoms with E-state index in [-0.39, 0.29) is 0 Å². The third kappa shape index (κ3) is 3.96. The number of ether oxygens (including phenoxy) is 1. The number of nitrogens with zero attached hydrogens (tertiary/aromatic N) is 5. The molecule has 2 aromatic carbocycles. The molecule has 32 heavy (non-hydrogen) atoms. The number of fused-ring (bicyclic) bond motifs is 1. The molecule has 0 saturated carbocycles. The van der Waals surface area contributed by atoms with Crippen molar-refractivity contribution in [2.24, 2.45) is 0 Å². The van der Waals surface area contributed by atoms with Crippen LogP contribution in [0.1, 0.15) is 47.4 Å². The summed E-state index contributed by atoms with van der Waals surface area (Å²) in [6.45, 7) is 1.98. The van der Waals surface area contributed by atoms with E-state index in [0.717, 1.165) is 60.0 Å². The summed E-state index contributed by atoms with van der Waals surface area (Å²) in [4.78, 5) is 4.31. The fraction of sp³-hybridized carbons (Fsp3) is 0.269. The molecule has 1 aliphatic heterocycles. The Balaban J connectivity index is 1.37. The maximum atomic E-state index is 5.63. The van der Waals surface area contributed by atoms with Gasteiger partial charge in [0, 0.05) is 19.0 Å². The molecule has 0 bridgehead atoms. The van der Waals surface area contributed by atoms with Gasteiger partial charge in [0.1, 0.15) is 17.4 Å². The maximum Gasteiger partial charge on any atom is 0.143 e. The highest BCUT2D eigenvalue weighted by Gasteiger charge is 2.25. The Labute approximate surface area is 188 Å². The quantitative estimate of drug-likeness (QED) is 0.438. The van der Waals surface area contributed by atoms with Crippen LogP contribution in [0.25, 0.3) is 11.8 Å².